The molecule has 0 fully saturated rings. The lowest BCUT2D eigenvalue weighted by molar-refractivity contribution is 0.0526. The maximum atomic E-state index is 11.4. The molecule has 0 heterocycles. The standard InChI is InChI=1S/C12H15NO5/c1-2-17-11(15)9-3-5-10(6-4-9)13-12(16)18-8-7-14/h3-6,14H,2,7-8H2,1H3,(H,13,16). The van der Waals surface area contributed by atoms with E-state index in [0.29, 0.717) is 17.9 Å². The number of anilines is 1. The molecule has 0 spiro atoms. The lowest BCUT2D eigenvalue weighted by atomic mass is 10.2. The molecular formula is C12H15NO5. The van der Waals surface area contributed by atoms with Gasteiger partial charge in [0.2, 0.25) is 0 Å². The van der Waals surface area contributed by atoms with Crippen LogP contribution in [0.2, 0.25) is 0 Å². The minimum atomic E-state index is -0.659. The van der Waals surface area contributed by atoms with Crippen LogP contribution < -0.4 is 5.32 Å². The quantitative estimate of drug-likeness (QED) is 0.775. The van der Waals surface area contributed by atoms with E-state index in [2.05, 4.69) is 10.1 Å². The third kappa shape index (κ3) is 4.42. The van der Waals surface area contributed by atoms with Crippen molar-refractivity contribution in [1.82, 2.24) is 0 Å². The highest BCUT2D eigenvalue weighted by Crippen LogP contribution is 2.10. The maximum Gasteiger partial charge on any atom is 0.411 e. The highest BCUT2D eigenvalue weighted by atomic mass is 16.6. The van der Waals surface area contributed by atoms with E-state index in [1.165, 1.54) is 0 Å². The molecule has 1 amide bonds. The summed E-state index contributed by atoms with van der Waals surface area (Å²) in [7, 11) is 0. The highest BCUT2D eigenvalue weighted by molar-refractivity contribution is 5.91. The largest absolute Gasteiger partial charge is 0.462 e. The van der Waals surface area contributed by atoms with Crippen LogP contribution in [0, 0.1) is 0 Å². The van der Waals surface area contributed by atoms with E-state index in [1.54, 1.807) is 31.2 Å². The number of esters is 1. The van der Waals surface area contributed by atoms with Gasteiger partial charge in [0.05, 0.1) is 18.8 Å². The molecule has 0 unspecified atom stereocenters. The molecule has 0 bridgehead atoms. The number of amides is 1. The van der Waals surface area contributed by atoms with Crippen LogP contribution in [0.15, 0.2) is 24.3 Å². The molecule has 2 N–H and O–H groups in total. The van der Waals surface area contributed by atoms with Gasteiger partial charge < -0.3 is 14.6 Å². The highest BCUT2D eigenvalue weighted by Gasteiger charge is 2.07. The first-order chi connectivity index (χ1) is 8.67. The molecule has 6 heteroatoms. The van der Waals surface area contributed by atoms with E-state index in [0.717, 1.165) is 0 Å². The third-order valence-corrected chi connectivity index (χ3v) is 1.97. The molecular weight excluding hydrogens is 238 g/mol. The van der Waals surface area contributed by atoms with Crippen molar-refractivity contribution in [3.63, 3.8) is 0 Å². The number of nitrogens with one attached hydrogen (secondary N) is 1. The van der Waals surface area contributed by atoms with E-state index in [1.807, 2.05) is 0 Å². The first-order valence-electron chi connectivity index (χ1n) is 5.49. The van der Waals surface area contributed by atoms with Gasteiger partial charge in [-0.2, -0.15) is 0 Å². The molecule has 0 saturated carbocycles. The fourth-order valence-electron chi connectivity index (χ4n) is 1.20. The fourth-order valence-corrected chi connectivity index (χ4v) is 1.20. The summed E-state index contributed by atoms with van der Waals surface area (Å²) >= 11 is 0. The Morgan fingerprint density at radius 1 is 1.22 bits per heavy atom. The molecule has 0 saturated heterocycles. The summed E-state index contributed by atoms with van der Waals surface area (Å²) in [5, 5.41) is 10.9. The number of carbonyl (C=O) groups is 2. The van der Waals surface area contributed by atoms with Crippen LogP contribution in [-0.4, -0.2) is 37.0 Å². The molecule has 6 nitrogen and oxygen atoms in total. The third-order valence-electron chi connectivity index (χ3n) is 1.97. The number of aliphatic hydroxyl groups is 1. The summed E-state index contributed by atoms with van der Waals surface area (Å²) in [6, 6.07) is 6.21. The molecule has 1 aromatic rings. The Kier molecular flexibility index (Phi) is 5.66. The summed E-state index contributed by atoms with van der Waals surface area (Å²) in [4.78, 5) is 22.5. The Morgan fingerprint density at radius 2 is 1.89 bits per heavy atom. The number of hydrogen-bond acceptors (Lipinski definition) is 5. The van der Waals surface area contributed by atoms with Crippen LogP contribution in [0.4, 0.5) is 10.5 Å². The van der Waals surface area contributed by atoms with Crippen LogP contribution in [0.25, 0.3) is 0 Å². The predicted molar refractivity (Wildman–Crippen MR) is 64.5 cm³/mol. The predicted octanol–water partition coefficient (Wildman–Crippen LogP) is 1.40. The zero-order chi connectivity index (χ0) is 13.4. The zero-order valence-electron chi connectivity index (χ0n) is 10.0. The number of benzene rings is 1. The van der Waals surface area contributed by atoms with Gasteiger partial charge in [0, 0.05) is 5.69 Å². The molecule has 0 atom stereocenters. The summed E-state index contributed by atoms with van der Waals surface area (Å²) in [6.07, 6.45) is -0.659. The van der Waals surface area contributed by atoms with Crippen molar-refractivity contribution in [2.75, 3.05) is 25.1 Å². The zero-order valence-corrected chi connectivity index (χ0v) is 10.0. The van der Waals surface area contributed by atoms with E-state index < -0.39 is 12.1 Å². The summed E-state index contributed by atoms with van der Waals surface area (Å²) in [5.41, 5.74) is 0.900. The fraction of sp³-hybridized carbons (Fsp3) is 0.333. The second-order valence-corrected chi connectivity index (χ2v) is 3.28. The molecule has 0 aromatic heterocycles. The van der Waals surface area contributed by atoms with Crippen molar-refractivity contribution >= 4 is 17.7 Å². The summed E-state index contributed by atoms with van der Waals surface area (Å²) in [6.45, 7) is 1.75. The minimum Gasteiger partial charge on any atom is -0.462 e. The van der Waals surface area contributed by atoms with Gasteiger partial charge in [-0.1, -0.05) is 0 Å². The molecule has 0 aliphatic carbocycles. The monoisotopic (exact) mass is 253 g/mol. The number of carbonyl (C=O) groups excluding carboxylic acids is 2. The Balaban J connectivity index is 2.55. The number of ether oxygens (including phenoxy) is 2. The number of hydrogen-bond donors (Lipinski definition) is 2. The topological polar surface area (TPSA) is 84.9 Å². The minimum absolute atomic E-state index is 0.0628. The van der Waals surface area contributed by atoms with Gasteiger partial charge in [-0.15, -0.1) is 0 Å². The van der Waals surface area contributed by atoms with E-state index >= 15 is 0 Å². The van der Waals surface area contributed by atoms with Gasteiger partial charge in [-0.05, 0) is 31.2 Å². The maximum absolute atomic E-state index is 11.4. The first-order valence-corrected chi connectivity index (χ1v) is 5.49. The Morgan fingerprint density at radius 3 is 2.44 bits per heavy atom. The average Bonchev–Trinajstić information content (AvgIpc) is 2.37. The second-order valence-electron chi connectivity index (χ2n) is 3.28. The van der Waals surface area contributed by atoms with Gasteiger partial charge >= 0.3 is 12.1 Å². The van der Waals surface area contributed by atoms with E-state index in [4.69, 9.17) is 9.84 Å². The second kappa shape index (κ2) is 7.29. The molecule has 0 aliphatic rings. The summed E-state index contributed by atoms with van der Waals surface area (Å²) < 4.78 is 9.44. The molecule has 0 radical (unpaired) electrons. The van der Waals surface area contributed by atoms with Crippen molar-refractivity contribution in [3.8, 4) is 0 Å². The Hall–Kier alpha value is -2.08. The van der Waals surface area contributed by atoms with E-state index in [-0.39, 0.29) is 13.2 Å². The SMILES string of the molecule is CCOC(=O)c1ccc(NC(=O)OCCO)cc1. The van der Waals surface area contributed by atoms with Crippen LogP contribution in [0.1, 0.15) is 17.3 Å². The van der Waals surface area contributed by atoms with Gasteiger partial charge in [0.25, 0.3) is 0 Å². The van der Waals surface area contributed by atoms with Crippen molar-refractivity contribution < 1.29 is 24.2 Å². The van der Waals surface area contributed by atoms with E-state index in [9.17, 15) is 9.59 Å². The Bertz CT molecular complexity index is 401. The van der Waals surface area contributed by atoms with Crippen LogP contribution in [0.5, 0.6) is 0 Å². The van der Waals surface area contributed by atoms with Gasteiger partial charge in [-0.25, -0.2) is 9.59 Å². The summed E-state index contributed by atoms with van der Waals surface area (Å²) in [5.74, 6) is -0.410. The molecule has 18 heavy (non-hydrogen) atoms. The number of rotatable bonds is 5. The van der Waals surface area contributed by atoms with Crippen molar-refractivity contribution in [2.24, 2.45) is 0 Å². The normalized spacial score (nSPS) is 9.67. The molecule has 98 valence electrons. The van der Waals surface area contributed by atoms with Gasteiger partial charge in [0.1, 0.15) is 6.61 Å². The number of aliphatic hydroxyl groups excluding tert-OH is 1. The molecule has 1 rings (SSSR count). The van der Waals surface area contributed by atoms with Gasteiger partial charge in [-0.3, -0.25) is 5.32 Å². The Labute approximate surface area is 105 Å². The van der Waals surface area contributed by atoms with Crippen LogP contribution in [0.3, 0.4) is 0 Å². The van der Waals surface area contributed by atoms with Crippen molar-refractivity contribution in [1.29, 1.82) is 0 Å². The van der Waals surface area contributed by atoms with Crippen molar-refractivity contribution in [2.45, 2.75) is 6.92 Å². The molecule has 0 aliphatic heterocycles. The van der Waals surface area contributed by atoms with Gasteiger partial charge in [0.15, 0.2) is 0 Å². The lowest BCUT2D eigenvalue weighted by Gasteiger charge is -2.06. The smallest absolute Gasteiger partial charge is 0.411 e. The van der Waals surface area contributed by atoms with Crippen LogP contribution in [-0.2, 0) is 9.47 Å². The average molecular weight is 253 g/mol. The molecule has 1 aromatic carbocycles. The first kappa shape index (κ1) is 14.0. The van der Waals surface area contributed by atoms with Crippen molar-refractivity contribution in [3.05, 3.63) is 29.8 Å². The lowest BCUT2D eigenvalue weighted by Crippen LogP contribution is -2.15. The van der Waals surface area contributed by atoms with Crippen LogP contribution >= 0.6 is 0 Å².